The van der Waals surface area contributed by atoms with Crippen molar-refractivity contribution in [1.82, 2.24) is 15.3 Å². The molecule has 2 aromatic carbocycles. The molecule has 12 heteroatoms. The molecule has 2 N–H and O–H groups in total. The van der Waals surface area contributed by atoms with Crippen LogP contribution in [0, 0.1) is 0 Å². The van der Waals surface area contributed by atoms with Gasteiger partial charge in [0.2, 0.25) is 5.78 Å². The second-order valence-corrected chi connectivity index (χ2v) is 7.67. The summed E-state index contributed by atoms with van der Waals surface area (Å²) in [6, 6.07) is 10.6. The standard InChI is InChI=1S/C22H23N3O4.C2HF3O2/c1-27-15-5-3-14(4-6-15)22(26)21-17-11-20(29-16-7-9-23-10-8-16)19(28-2)12-18(17)24-13-25-21;3-2(4,5)1(6)7/h3-6,11-13,16,23H,7-10H2,1-2H3;(H,6,7). The lowest BCUT2D eigenvalue weighted by Gasteiger charge is -2.25. The summed E-state index contributed by atoms with van der Waals surface area (Å²) in [5.74, 6) is -1.05. The summed E-state index contributed by atoms with van der Waals surface area (Å²) in [4.78, 5) is 30.6. The van der Waals surface area contributed by atoms with Crippen molar-refractivity contribution in [3.63, 3.8) is 0 Å². The van der Waals surface area contributed by atoms with Crippen molar-refractivity contribution in [3.8, 4) is 17.2 Å². The number of alkyl halides is 3. The fourth-order valence-corrected chi connectivity index (χ4v) is 3.47. The molecule has 0 saturated carbocycles. The fraction of sp³-hybridized carbons (Fsp3) is 0.333. The molecule has 0 unspecified atom stereocenters. The average molecular weight is 507 g/mol. The molecule has 3 aromatic rings. The van der Waals surface area contributed by atoms with Crippen molar-refractivity contribution >= 4 is 22.7 Å². The highest BCUT2D eigenvalue weighted by Gasteiger charge is 2.38. The fourth-order valence-electron chi connectivity index (χ4n) is 3.47. The van der Waals surface area contributed by atoms with Crippen LogP contribution < -0.4 is 19.5 Å². The number of ether oxygens (including phenoxy) is 3. The van der Waals surface area contributed by atoms with E-state index in [4.69, 9.17) is 24.1 Å². The highest BCUT2D eigenvalue weighted by molar-refractivity contribution is 6.14. The minimum atomic E-state index is -5.08. The van der Waals surface area contributed by atoms with Gasteiger partial charge >= 0.3 is 12.1 Å². The first kappa shape index (κ1) is 26.7. The van der Waals surface area contributed by atoms with Crippen LogP contribution in [0.4, 0.5) is 13.2 Å². The molecule has 1 fully saturated rings. The van der Waals surface area contributed by atoms with Crippen molar-refractivity contribution in [2.24, 2.45) is 0 Å². The zero-order valence-electron chi connectivity index (χ0n) is 19.5. The SMILES string of the molecule is COc1ccc(C(=O)c2ncnc3cc(OC)c(OC4CCNCC4)cc23)cc1.O=C(O)C(F)(F)F. The Hall–Kier alpha value is -3.93. The molecule has 1 saturated heterocycles. The maximum Gasteiger partial charge on any atom is 0.490 e. The molecule has 1 aliphatic heterocycles. The summed E-state index contributed by atoms with van der Waals surface area (Å²) in [6.45, 7) is 1.84. The maximum absolute atomic E-state index is 13.1. The molecule has 4 rings (SSSR count). The molecule has 0 aliphatic carbocycles. The van der Waals surface area contributed by atoms with Crippen LogP contribution in [0.3, 0.4) is 0 Å². The number of aromatic nitrogens is 2. The van der Waals surface area contributed by atoms with Gasteiger partial charge in [-0.2, -0.15) is 13.2 Å². The van der Waals surface area contributed by atoms with Gasteiger partial charge in [0.15, 0.2) is 11.5 Å². The van der Waals surface area contributed by atoms with Crippen LogP contribution in [-0.2, 0) is 4.79 Å². The summed E-state index contributed by atoms with van der Waals surface area (Å²) in [6.07, 6.45) is -1.74. The van der Waals surface area contributed by atoms with Crippen molar-refractivity contribution in [3.05, 3.63) is 54.0 Å². The van der Waals surface area contributed by atoms with E-state index in [1.807, 2.05) is 6.07 Å². The van der Waals surface area contributed by atoms with E-state index in [1.165, 1.54) is 6.33 Å². The predicted octanol–water partition coefficient (Wildman–Crippen LogP) is 3.64. The van der Waals surface area contributed by atoms with E-state index in [9.17, 15) is 18.0 Å². The third kappa shape index (κ3) is 6.60. The first-order chi connectivity index (χ1) is 17.1. The number of carboxylic acid groups (broad SMARTS) is 1. The largest absolute Gasteiger partial charge is 0.497 e. The molecule has 192 valence electrons. The molecule has 1 aromatic heterocycles. The van der Waals surface area contributed by atoms with Gasteiger partial charge in [0.05, 0.1) is 19.7 Å². The highest BCUT2D eigenvalue weighted by atomic mass is 19.4. The number of nitrogens with one attached hydrogen (secondary N) is 1. The molecule has 9 nitrogen and oxygen atoms in total. The monoisotopic (exact) mass is 507 g/mol. The van der Waals surface area contributed by atoms with Gasteiger partial charge in [0.25, 0.3) is 0 Å². The molecule has 0 spiro atoms. The van der Waals surface area contributed by atoms with E-state index in [1.54, 1.807) is 44.6 Å². The lowest BCUT2D eigenvalue weighted by atomic mass is 10.0. The Kier molecular flexibility index (Phi) is 8.64. The Morgan fingerprint density at radius 3 is 2.19 bits per heavy atom. The van der Waals surface area contributed by atoms with E-state index in [0.717, 1.165) is 25.9 Å². The Balaban J connectivity index is 0.000000454. The second kappa shape index (κ2) is 11.7. The minimum absolute atomic E-state index is 0.105. The van der Waals surface area contributed by atoms with Crippen LogP contribution in [-0.4, -0.2) is 66.4 Å². The third-order valence-electron chi connectivity index (χ3n) is 5.31. The first-order valence-electron chi connectivity index (χ1n) is 10.8. The first-order valence-corrected chi connectivity index (χ1v) is 10.8. The lowest BCUT2D eigenvalue weighted by molar-refractivity contribution is -0.192. The predicted molar refractivity (Wildman–Crippen MR) is 123 cm³/mol. The van der Waals surface area contributed by atoms with Crippen LogP contribution in [0.25, 0.3) is 10.9 Å². The number of nitrogens with zero attached hydrogens (tertiary/aromatic N) is 2. The number of carbonyl (C=O) groups is 2. The van der Waals surface area contributed by atoms with Gasteiger partial charge in [0, 0.05) is 17.0 Å². The Labute approximate surface area is 204 Å². The molecule has 2 heterocycles. The Morgan fingerprint density at radius 2 is 1.64 bits per heavy atom. The normalized spacial score (nSPS) is 13.9. The second-order valence-electron chi connectivity index (χ2n) is 7.67. The average Bonchev–Trinajstić information content (AvgIpc) is 2.88. The highest BCUT2D eigenvalue weighted by Crippen LogP contribution is 2.34. The van der Waals surface area contributed by atoms with Gasteiger partial charge in [-0.15, -0.1) is 0 Å². The number of piperidine rings is 1. The number of halogens is 3. The third-order valence-corrected chi connectivity index (χ3v) is 5.31. The number of rotatable bonds is 6. The number of ketones is 1. The van der Waals surface area contributed by atoms with Crippen molar-refractivity contribution < 1.29 is 42.1 Å². The maximum atomic E-state index is 13.1. The molecule has 1 aliphatic rings. The minimum Gasteiger partial charge on any atom is -0.497 e. The van der Waals surface area contributed by atoms with Crippen LogP contribution in [0.2, 0.25) is 0 Å². The number of aliphatic carboxylic acids is 1. The number of benzene rings is 2. The van der Waals surface area contributed by atoms with Gasteiger partial charge in [-0.25, -0.2) is 14.8 Å². The van der Waals surface area contributed by atoms with Gasteiger partial charge in [0.1, 0.15) is 23.9 Å². The summed E-state index contributed by atoms with van der Waals surface area (Å²) in [5.41, 5.74) is 1.49. The number of fused-ring (bicyclic) bond motifs is 1. The molecular formula is C24H24F3N3O6. The number of hydrogen-bond acceptors (Lipinski definition) is 8. The molecule has 0 radical (unpaired) electrons. The van der Waals surface area contributed by atoms with E-state index >= 15 is 0 Å². The van der Waals surface area contributed by atoms with Crippen molar-refractivity contribution in [2.75, 3.05) is 27.3 Å². The zero-order chi connectivity index (χ0) is 26.3. The quantitative estimate of drug-likeness (QED) is 0.482. The van der Waals surface area contributed by atoms with Crippen molar-refractivity contribution in [2.45, 2.75) is 25.1 Å². The number of methoxy groups -OCH3 is 2. The number of hydrogen-bond donors (Lipinski definition) is 2. The van der Waals surface area contributed by atoms with E-state index < -0.39 is 12.1 Å². The van der Waals surface area contributed by atoms with E-state index in [-0.39, 0.29) is 11.9 Å². The Bertz CT molecular complexity index is 1210. The number of carboxylic acids is 1. The summed E-state index contributed by atoms with van der Waals surface area (Å²) in [7, 11) is 3.19. The summed E-state index contributed by atoms with van der Waals surface area (Å²) < 4.78 is 48.6. The van der Waals surface area contributed by atoms with E-state index in [0.29, 0.717) is 39.4 Å². The summed E-state index contributed by atoms with van der Waals surface area (Å²) in [5, 5.41) is 11.1. The molecule has 36 heavy (non-hydrogen) atoms. The number of carbonyl (C=O) groups excluding carboxylic acids is 1. The topological polar surface area (TPSA) is 120 Å². The molecule has 0 amide bonds. The van der Waals surface area contributed by atoms with E-state index in [2.05, 4.69) is 15.3 Å². The Morgan fingerprint density at radius 1 is 1.00 bits per heavy atom. The molecule has 0 atom stereocenters. The summed E-state index contributed by atoms with van der Waals surface area (Å²) >= 11 is 0. The zero-order valence-corrected chi connectivity index (χ0v) is 19.5. The van der Waals surface area contributed by atoms with Crippen LogP contribution in [0.5, 0.6) is 17.2 Å². The van der Waals surface area contributed by atoms with Gasteiger partial charge in [-0.1, -0.05) is 0 Å². The van der Waals surface area contributed by atoms with Crippen LogP contribution >= 0.6 is 0 Å². The van der Waals surface area contributed by atoms with Gasteiger partial charge < -0.3 is 24.6 Å². The van der Waals surface area contributed by atoms with Gasteiger partial charge in [-0.3, -0.25) is 4.79 Å². The molecule has 0 bridgehead atoms. The van der Waals surface area contributed by atoms with Crippen molar-refractivity contribution in [1.29, 1.82) is 0 Å². The smallest absolute Gasteiger partial charge is 0.490 e. The molecular weight excluding hydrogens is 483 g/mol. The lowest BCUT2D eigenvalue weighted by Crippen LogP contribution is -2.34. The van der Waals surface area contributed by atoms with Crippen LogP contribution in [0.1, 0.15) is 28.9 Å². The van der Waals surface area contributed by atoms with Crippen LogP contribution in [0.15, 0.2) is 42.7 Å². The van der Waals surface area contributed by atoms with Gasteiger partial charge in [-0.05, 0) is 56.3 Å².